The highest BCUT2D eigenvalue weighted by molar-refractivity contribution is 5.82. The second kappa shape index (κ2) is 3.73. The van der Waals surface area contributed by atoms with Crippen molar-refractivity contribution >= 4 is 11.0 Å². The first-order chi connectivity index (χ1) is 8.24. The van der Waals surface area contributed by atoms with Gasteiger partial charge >= 0.3 is 0 Å². The zero-order chi connectivity index (χ0) is 11.8. The summed E-state index contributed by atoms with van der Waals surface area (Å²) in [5.41, 5.74) is 2.85. The van der Waals surface area contributed by atoms with E-state index in [2.05, 4.69) is 30.2 Å². The monoisotopic (exact) mass is 227 g/mol. The quantitative estimate of drug-likeness (QED) is 0.674. The SMILES string of the molecule is CC(C)n1cc(-c2ccc3occc3c2)nn1. The molecule has 0 aliphatic heterocycles. The van der Waals surface area contributed by atoms with Crippen LogP contribution in [-0.2, 0) is 0 Å². The maximum atomic E-state index is 5.31. The van der Waals surface area contributed by atoms with Crippen molar-refractivity contribution in [1.29, 1.82) is 0 Å². The fourth-order valence-corrected chi connectivity index (χ4v) is 1.79. The van der Waals surface area contributed by atoms with E-state index in [-0.39, 0.29) is 0 Å². The van der Waals surface area contributed by atoms with Crippen LogP contribution < -0.4 is 0 Å². The van der Waals surface area contributed by atoms with Crippen LogP contribution in [0.25, 0.3) is 22.2 Å². The second-order valence-electron chi connectivity index (χ2n) is 4.35. The van der Waals surface area contributed by atoms with Crippen LogP contribution in [-0.4, -0.2) is 15.0 Å². The lowest BCUT2D eigenvalue weighted by Crippen LogP contribution is -2.00. The van der Waals surface area contributed by atoms with Crippen molar-refractivity contribution in [1.82, 2.24) is 15.0 Å². The Kier molecular flexibility index (Phi) is 2.21. The van der Waals surface area contributed by atoms with Crippen molar-refractivity contribution < 1.29 is 4.42 Å². The number of aromatic nitrogens is 3. The highest BCUT2D eigenvalue weighted by Gasteiger charge is 2.07. The first-order valence-electron chi connectivity index (χ1n) is 5.63. The predicted molar refractivity (Wildman–Crippen MR) is 65.6 cm³/mol. The van der Waals surface area contributed by atoms with Gasteiger partial charge in [0, 0.05) is 17.0 Å². The minimum absolute atomic E-state index is 0.328. The van der Waals surface area contributed by atoms with Crippen molar-refractivity contribution in [3.8, 4) is 11.3 Å². The van der Waals surface area contributed by atoms with Gasteiger partial charge in [0.15, 0.2) is 0 Å². The topological polar surface area (TPSA) is 43.9 Å². The van der Waals surface area contributed by atoms with Gasteiger partial charge in [0.05, 0.1) is 12.5 Å². The zero-order valence-electron chi connectivity index (χ0n) is 9.79. The number of hydrogen-bond donors (Lipinski definition) is 0. The van der Waals surface area contributed by atoms with Crippen molar-refractivity contribution in [3.05, 3.63) is 36.7 Å². The highest BCUT2D eigenvalue weighted by atomic mass is 16.3. The van der Waals surface area contributed by atoms with Crippen LogP contribution in [0.1, 0.15) is 19.9 Å². The molecule has 2 aromatic heterocycles. The largest absolute Gasteiger partial charge is 0.464 e. The van der Waals surface area contributed by atoms with Gasteiger partial charge in [-0.1, -0.05) is 5.21 Å². The van der Waals surface area contributed by atoms with Crippen LogP contribution in [0.4, 0.5) is 0 Å². The molecule has 17 heavy (non-hydrogen) atoms. The molecule has 1 aromatic carbocycles. The molecule has 0 N–H and O–H groups in total. The van der Waals surface area contributed by atoms with Crippen molar-refractivity contribution in [2.45, 2.75) is 19.9 Å². The summed E-state index contributed by atoms with van der Waals surface area (Å²) in [6.07, 6.45) is 3.66. The lowest BCUT2D eigenvalue weighted by atomic mass is 10.1. The van der Waals surface area contributed by atoms with E-state index in [1.165, 1.54) is 0 Å². The Labute approximate surface area is 98.9 Å². The summed E-state index contributed by atoms with van der Waals surface area (Å²) >= 11 is 0. The van der Waals surface area contributed by atoms with Crippen molar-refractivity contribution in [2.24, 2.45) is 0 Å². The van der Waals surface area contributed by atoms with E-state index in [0.717, 1.165) is 22.2 Å². The van der Waals surface area contributed by atoms with Crippen molar-refractivity contribution in [2.75, 3.05) is 0 Å². The van der Waals surface area contributed by atoms with E-state index in [4.69, 9.17) is 4.42 Å². The number of nitrogens with zero attached hydrogens (tertiary/aromatic N) is 3. The molecule has 0 radical (unpaired) electrons. The Morgan fingerprint density at radius 2 is 2.12 bits per heavy atom. The maximum Gasteiger partial charge on any atom is 0.133 e. The van der Waals surface area contributed by atoms with Gasteiger partial charge in [-0.05, 0) is 38.1 Å². The van der Waals surface area contributed by atoms with Gasteiger partial charge in [-0.25, -0.2) is 4.68 Å². The third-order valence-corrected chi connectivity index (χ3v) is 2.79. The molecule has 0 aliphatic carbocycles. The molecule has 0 saturated carbocycles. The molecule has 0 fully saturated rings. The summed E-state index contributed by atoms with van der Waals surface area (Å²) < 4.78 is 7.17. The Hall–Kier alpha value is -2.10. The summed E-state index contributed by atoms with van der Waals surface area (Å²) in [4.78, 5) is 0. The minimum atomic E-state index is 0.328. The number of benzene rings is 1. The molecule has 4 heteroatoms. The molecule has 0 bridgehead atoms. The van der Waals surface area contributed by atoms with E-state index in [1.54, 1.807) is 6.26 Å². The smallest absolute Gasteiger partial charge is 0.133 e. The van der Waals surface area contributed by atoms with Crippen LogP contribution in [0.3, 0.4) is 0 Å². The molecule has 3 aromatic rings. The molecule has 0 unspecified atom stereocenters. The Morgan fingerprint density at radius 3 is 2.88 bits per heavy atom. The Bertz CT molecular complexity index is 651. The van der Waals surface area contributed by atoms with E-state index in [1.807, 2.05) is 29.1 Å². The fourth-order valence-electron chi connectivity index (χ4n) is 1.79. The summed E-state index contributed by atoms with van der Waals surface area (Å²) in [5.74, 6) is 0. The lowest BCUT2D eigenvalue weighted by molar-refractivity contribution is 0.514. The number of furan rings is 1. The van der Waals surface area contributed by atoms with Crippen LogP contribution >= 0.6 is 0 Å². The molecule has 4 nitrogen and oxygen atoms in total. The summed E-state index contributed by atoms with van der Waals surface area (Å²) in [7, 11) is 0. The van der Waals surface area contributed by atoms with Crippen LogP contribution in [0.15, 0.2) is 41.1 Å². The maximum absolute atomic E-state index is 5.31. The van der Waals surface area contributed by atoms with Gasteiger partial charge in [0.2, 0.25) is 0 Å². The van der Waals surface area contributed by atoms with Gasteiger partial charge < -0.3 is 4.42 Å². The van der Waals surface area contributed by atoms with Gasteiger partial charge in [-0.15, -0.1) is 5.10 Å². The van der Waals surface area contributed by atoms with E-state index in [0.29, 0.717) is 6.04 Å². The molecule has 86 valence electrons. The average molecular weight is 227 g/mol. The van der Waals surface area contributed by atoms with Crippen LogP contribution in [0, 0.1) is 0 Å². The number of fused-ring (bicyclic) bond motifs is 1. The molecular formula is C13H13N3O. The molecule has 0 spiro atoms. The minimum Gasteiger partial charge on any atom is -0.464 e. The molecule has 0 atom stereocenters. The summed E-state index contributed by atoms with van der Waals surface area (Å²) in [6.45, 7) is 4.16. The number of rotatable bonds is 2. The normalized spacial score (nSPS) is 11.5. The third kappa shape index (κ3) is 1.71. The molecular weight excluding hydrogens is 214 g/mol. The van der Waals surface area contributed by atoms with E-state index in [9.17, 15) is 0 Å². The second-order valence-corrected chi connectivity index (χ2v) is 4.35. The van der Waals surface area contributed by atoms with Gasteiger partial charge in [-0.2, -0.15) is 0 Å². The average Bonchev–Trinajstić information content (AvgIpc) is 2.97. The third-order valence-electron chi connectivity index (χ3n) is 2.79. The standard InChI is InChI=1S/C13H13N3O/c1-9(2)16-8-12(14-15-16)10-3-4-13-11(7-10)5-6-17-13/h3-9H,1-2H3. The zero-order valence-corrected chi connectivity index (χ0v) is 9.79. The molecule has 0 saturated heterocycles. The molecule has 2 heterocycles. The van der Waals surface area contributed by atoms with Gasteiger partial charge in [-0.3, -0.25) is 0 Å². The highest BCUT2D eigenvalue weighted by Crippen LogP contribution is 2.23. The summed E-state index contributed by atoms with van der Waals surface area (Å²) in [5, 5.41) is 9.37. The van der Waals surface area contributed by atoms with Gasteiger partial charge in [0.1, 0.15) is 11.3 Å². The van der Waals surface area contributed by atoms with Gasteiger partial charge in [0.25, 0.3) is 0 Å². The van der Waals surface area contributed by atoms with E-state index >= 15 is 0 Å². The molecule has 0 aliphatic rings. The predicted octanol–water partition coefficient (Wildman–Crippen LogP) is 3.27. The Balaban J connectivity index is 2.06. The molecule has 0 amide bonds. The van der Waals surface area contributed by atoms with E-state index < -0.39 is 0 Å². The lowest BCUT2D eigenvalue weighted by Gasteiger charge is -2.01. The summed E-state index contributed by atoms with van der Waals surface area (Å²) in [6, 6.07) is 8.30. The Morgan fingerprint density at radius 1 is 1.24 bits per heavy atom. The first-order valence-corrected chi connectivity index (χ1v) is 5.63. The van der Waals surface area contributed by atoms with Crippen LogP contribution in [0.5, 0.6) is 0 Å². The molecule has 3 rings (SSSR count). The fraction of sp³-hybridized carbons (Fsp3) is 0.231. The number of hydrogen-bond acceptors (Lipinski definition) is 3. The first kappa shape index (κ1) is 10.1. The van der Waals surface area contributed by atoms with Crippen molar-refractivity contribution in [3.63, 3.8) is 0 Å². The van der Waals surface area contributed by atoms with Crippen LogP contribution in [0.2, 0.25) is 0 Å².